The van der Waals surface area contributed by atoms with Crippen LogP contribution in [0.4, 0.5) is 5.69 Å². The van der Waals surface area contributed by atoms with Crippen LogP contribution in [0.15, 0.2) is 54.6 Å². The van der Waals surface area contributed by atoms with E-state index in [4.69, 9.17) is 4.74 Å². The first-order chi connectivity index (χ1) is 16.8. The van der Waals surface area contributed by atoms with Gasteiger partial charge in [-0.3, -0.25) is 19.3 Å². The Labute approximate surface area is 204 Å². The molecule has 5 rings (SSSR count). The average molecular weight is 475 g/mol. The Bertz CT molecular complexity index is 1120. The zero-order valence-electron chi connectivity index (χ0n) is 20.0. The SMILES string of the molecule is CC(C)OC(=O)c1ccc(NC(=O)[C@H](Cc2ccccc2)N2C(=O)[C@H]3[C@H]4CC[C@@H](C4)[C@@H]3C2=O)cc1. The number of ether oxygens (including phenoxy) is 1. The summed E-state index contributed by atoms with van der Waals surface area (Å²) in [5.41, 5.74) is 1.74. The maximum Gasteiger partial charge on any atom is 0.338 e. The summed E-state index contributed by atoms with van der Waals surface area (Å²) in [5, 5.41) is 2.85. The van der Waals surface area contributed by atoms with E-state index in [0.29, 0.717) is 11.3 Å². The van der Waals surface area contributed by atoms with Crippen molar-refractivity contribution < 1.29 is 23.9 Å². The number of imide groups is 1. The molecule has 7 nitrogen and oxygen atoms in total. The molecule has 0 unspecified atom stereocenters. The van der Waals surface area contributed by atoms with E-state index in [1.807, 2.05) is 30.3 Å². The highest BCUT2D eigenvalue weighted by Crippen LogP contribution is 2.56. The number of nitrogens with zero attached hydrogens (tertiary/aromatic N) is 1. The van der Waals surface area contributed by atoms with E-state index in [0.717, 1.165) is 24.8 Å². The van der Waals surface area contributed by atoms with Gasteiger partial charge in [-0.25, -0.2) is 4.79 Å². The van der Waals surface area contributed by atoms with Gasteiger partial charge < -0.3 is 10.1 Å². The molecule has 2 bridgehead atoms. The molecule has 2 aromatic rings. The third-order valence-corrected chi connectivity index (χ3v) is 7.58. The molecule has 1 heterocycles. The number of benzene rings is 2. The first-order valence-electron chi connectivity index (χ1n) is 12.4. The van der Waals surface area contributed by atoms with Crippen molar-refractivity contribution in [3.05, 3.63) is 65.7 Å². The van der Waals surface area contributed by atoms with Crippen molar-refractivity contribution in [1.82, 2.24) is 4.90 Å². The van der Waals surface area contributed by atoms with Crippen molar-refractivity contribution in [1.29, 1.82) is 0 Å². The van der Waals surface area contributed by atoms with Crippen LogP contribution in [0, 0.1) is 23.7 Å². The van der Waals surface area contributed by atoms with Gasteiger partial charge in [0.2, 0.25) is 17.7 Å². The van der Waals surface area contributed by atoms with Gasteiger partial charge in [-0.15, -0.1) is 0 Å². The molecule has 0 spiro atoms. The molecule has 2 aliphatic carbocycles. The Hall–Kier alpha value is -3.48. The summed E-state index contributed by atoms with van der Waals surface area (Å²) in [6.07, 6.45) is 2.94. The number of hydrogen-bond acceptors (Lipinski definition) is 5. The summed E-state index contributed by atoms with van der Waals surface area (Å²) >= 11 is 0. The van der Waals surface area contributed by atoms with Crippen LogP contribution in [0.5, 0.6) is 0 Å². The number of esters is 1. The summed E-state index contributed by atoms with van der Waals surface area (Å²) in [4.78, 5) is 53.8. The Morgan fingerprint density at radius 2 is 1.54 bits per heavy atom. The van der Waals surface area contributed by atoms with E-state index in [1.165, 1.54) is 4.90 Å². The first-order valence-corrected chi connectivity index (χ1v) is 12.4. The average Bonchev–Trinajstić information content (AvgIpc) is 3.52. The van der Waals surface area contributed by atoms with Gasteiger partial charge in [0, 0.05) is 12.1 Å². The molecule has 0 radical (unpaired) electrons. The molecule has 35 heavy (non-hydrogen) atoms. The summed E-state index contributed by atoms with van der Waals surface area (Å²) in [5.74, 6) is -1.30. The van der Waals surface area contributed by atoms with Crippen molar-refractivity contribution in [3.63, 3.8) is 0 Å². The molecule has 0 aromatic heterocycles. The molecule has 2 saturated carbocycles. The second-order valence-corrected chi connectivity index (χ2v) is 10.2. The van der Waals surface area contributed by atoms with Gasteiger partial charge in [-0.1, -0.05) is 30.3 Å². The fourth-order valence-corrected chi connectivity index (χ4v) is 6.07. The molecule has 7 heteroatoms. The van der Waals surface area contributed by atoms with Crippen LogP contribution in [0.2, 0.25) is 0 Å². The normalized spacial score (nSPS) is 25.6. The predicted molar refractivity (Wildman–Crippen MR) is 129 cm³/mol. The number of rotatable bonds is 7. The Morgan fingerprint density at radius 1 is 0.943 bits per heavy atom. The monoisotopic (exact) mass is 474 g/mol. The van der Waals surface area contributed by atoms with Crippen LogP contribution in [0.1, 0.15) is 49.0 Å². The third-order valence-electron chi connectivity index (χ3n) is 7.58. The smallest absolute Gasteiger partial charge is 0.338 e. The summed E-state index contributed by atoms with van der Waals surface area (Å²) in [6.45, 7) is 3.56. The van der Waals surface area contributed by atoms with Crippen LogP contribution in [0.25, 0.3) is 0 Å². The Morgan fingerprint density at radius 3 is 2.11 bits per heavy atom. The standard InChI is InChI=1S/C28H30N2O5/c1-16(2)35-28(34)18-10-12-21(13-11-18)29-25(31)22(14-17-6-4-3-5-7-17)30-26(32)23-19-8-9-20(15-19)24(23)27(30)33/h3-7,10-13,16,19-20,22-24H,8-9,14-15H2,1-2H3,(H,29,31)/t19-,20-,22-,23-,24-/m0/s1. The Balaban J connectivity index is 1.38. The zero-order valence-corrected chi connectivity index (χ0v) is 20.0. The Kier molecular flexibility index (Phi) is 6.17. The lowest BCUT2D eigenvalue weighted by Gasteiger charge is -2.27. The van der Waals surface area contributed by atoms with Gasteiger partial charge in [0.25, 0.3) is 0 Å². The second kappa shape index (κ2) is 9.29. The lowest BCUT2D eigenvalue weighted by atomic mass is 9.81. The maximum atomic E-state index is 13.5. The van der Waals surface area contributed by atoms with Gasteiger partial charge in [0.05, 0.1) is 23.5 Å². The minimum atomic E-state index is -0.937. The molecule has 1 aliphatic heterocycles. The van der Waals surface area contributed by atoms with Crippen LogP contribution in [-0.4, -0.2) is 40.7 Å². The number of carbonyl (C=O) groups excluding carboxylic acids is 4. The zero-order chi connectivity index (χ0) is 24.7. The van der Waals surface area contributed by atoms with Crippen LogP contribution >= 0.6 is 0 Å². The van der Waals surface area contributed by atoms with Gasteiger partial charge in [0.1, 0.15) is 6.04 Å². The van der Waals surface area contributed by atoms with Crippen LogP contribution in [-0.2, 0) is 25.5 Å². The molecular formula is C28H30N2O5. The van der Waals surface area contributed by atoms with Gasteiger partial charge in [-0.05, 0) is 74.8 Å². The van der Waals surface area contributed by atoms with Crippen molar-refractivity contribution in [2.45, 2.75) is 51.7 Å². The highest BCUT2D eigenvalue weighted by atomic mass is 16.5. The lowest BCUT2D eigenvalue weighted by molar-refractivity contribution is -0.147. The van der Waals surface area contributed by atoms with E-state index in [-0.39, 0.29) is 48.0 Å². The summed E-state index contributed by atoms with van der Waals surface area (Å²) in [6, 6.07) is 14.9. The number of likely N-dealkylation sites (tertiary alicyclic amines) is 1. The number of hydrogen-bond donors (Lipinski definition) is 1. The number of amides is 3. The minimum Gasteiger partial charge on any atom is -0.459 e. The second-order valence-electron chi connectivity index (χ2n) is 10.2. The highest BCUT2D eigenvalue weighted by molar-refractivity contribution is 6.10. The largest absolute Gasteiger partial charge is 0.459 e. The van der Waals surface area contributed by atoms with Gasteiger partial charge in [0.15, 0.2) is 0 Å². The molecule has 3 amide bonds. The quantitative estimate of drug-likeness (QED) is 0.486. The van der Waals surface area contributed by atoms with Crippen molar-refractivity contribution in [3.8, 4) is 0 Å². The van der Waals surface area contributed by atoms with E-state index in [2.05, 4.69) is 5.32 Å². The predicted octanol–water partition coefficient (Wildman–Crippen LogP) is 3.83. The van der Waals surface area contributed by atoms with Crippen molar-refractivity contribution in [2.24, 2.45) is 23.7 Å². The molecule has 3 fully saturated rings. The van der Waals surface area contributed by atoms with E-state index in [9.17, 15) is 19.2 Å². The summed E-state index contributed by atoms with van der Waals surface area (Å²) in [7, 11) is 0. The topological polar surface area (TPSA) is 92.8 Å². The van der Waals surface area contributed by atoms with Crippen molar-refractivity contribution in [2.75, 3.05) is 5.32 Å². The fraction of sp³-hybridized carbons (Fsp3) is 0.429. The van der Waals surface area contributed by atoms with E-state index in [1.54, 1.807) is 38.1 Å². The third kappa shape index (κ3) is 4.35. The van der Waals surface area contributed by atoms with Crippen LogP contribution in [0.3, 0.4) is 0 Å². The molecule has 3 aliphatic rings. The molecule has 2 aromatic carbocycles. The number of nitrogens with one attached hydrogen (secondary N) is 1. The molecule has 5 atom stereocenters. The molecule has 1 saturated heterocycles. The highest BCUT2D eigenvalue weighted by Gasteiger charge is 2.62. The van der Waals surface area contributed by atoms with Crippen LogP contribution < -0.4 is 5.32 Å². The molecule has 182 valence electrons. The number of fused-ring (bicyclic) bond motifs is 5. The maximum absolute atomic E-state index is 13.5. The van der Waals surface area contributed by atoms with E-state index < -0.39 is 17.9 Å². The lowest BCUT2D eigenvalue weighted by Crippen LogP contribution is -2.49. The molecular weight excluding hydrogens is 444 g/mol. The minimum absolute atomic E-state index is 0.199. The number of carbonyl (C=O) groups is 4. The fourth-order valence-electron chi connectivity index (χ4n) is 6.07. The first kappa shape index (κ1) is 23.3. The van der Waals surface area contributed by atoms with E-state index >= 15 is 0 Å². The van der Waals surface area contributed by atoms with Gasteiger partial charge >= 0.3 is 5.97 Å². The molecule has 1 N–H and O–H groups in total. The number of anilines is 1. The summed E-state index contributed by atoms with van der Waals surface area (Å²) < 4.78 is 5.20. The van der Waals surface area contributed by atoms with Crippen molar-refractivity contribution >= 4 is 29.4 Å². The van der Waals surface area contributed by atoms with Gasteiger partial charge in [-0.2, -0.15) is 0 Å².